The highest BCUT2D eigenvalue weighted by Gasteiger charge is 2.28. The smallest absolute Gasteiger partial charge is 0.422 e. The summed E-state index contributed by atoms with van der Waals surface area (Å²) in [5, 5.41) is 0.987. The van der Waals surface area contributed by atoms with Crippen LogP contribution in [0.3, 0.4) is 0 Å². The number of thiazole rings is 1. The highest BCUT2D eigenvalue weighted by Crippen LogP contribution is 2.31. The Bertz CT molecular complexity index is 1180. The van der Waals surface area contributed by atoms with E-state index in [1.807, 2.05) is 42.5 Å². The number of nitrogens with zero attached hydrogens (tertiary/aromatic N) is 1. The van der Waals surface area contributed by atoms with Gasteiger partial charge in [-0.2, -0.15) is 13.2 Å². The van der Waals surface area contributed by atoms with Crippen molar-refractivity contribution in [2.75, 3.05) is 6.61 Å². The molecule has 0 aliphatic carbocycles. The molecule has 3 aromatic carbocycles. The van der Waals surface area contributed by atoms with Gasteiger partial charge in [-0.3, -0.25) is 0 Å². The summed E-state index contributed by atoms with van der Waals surface area (Å²) in [6, 6.07) is 20.9. The summed E-state index contributed by atoms with van der Waals surface area (Å²) < 4.78 is 42.5. The molecular weight excluding hydrogens is 407 g/mol. The first-order valence-electron chi connectivity index (χ1n) is 9.31. The molecule has 0 saturated carbocycles. The third-order valence-electron chi connectivity index (χ3n) is 4.45. The lowest BCUT2D eigenvalue weighted by Crippen LogP contribution is -2.19. The molecule has 4 rings (SSSR count). The van der Waals surface area contributed by atoms with E-state index in [4.69, 9.17) is 9.72 Å². The summed E-state index contributed by atoms with van der Waals surface area (Å²) >= 11 is 1.68. The van der Waals surface area contributed by atoms with Crippen LogP contribution in [-0.2, 0) is 0 Å². The first-order valence-corrected chi connectivity index (χ1v) is 10.1. The van der Waals surface area contributed by atoms with Crippen molar-refractivity contribution in [3.63, 3.8) is 0 Å². The lowest BCUT2D eigenvalue weighted by atomic mass is 10.1. The molecule has 2 nitrogen and oxygen atoms in total. The van der Waals surface area contributed by atoms with E-state index >= 15 is 0 Å². The number of ether oxygens (including phenoxy) is 1. The minimum Gasteiger partial charge on any atom is -0.484 e. The monoisotopic (exact) mass is 425 g/mol. The molecule has 0 saturated heterocycles. The molecule has 0 aliphatic rings. The Kier molecular flexibility index (Phi) is 5.59. The summed E-state index contributed by atoms with van der Waals surface area (Å²) in [6.45, 7) is 0.784. The van der Waals surface area contributed by atoms with Crippen LogP contribution in [0.4, 0.5) is 13.2 Å². The average Bonchev–Trinajstić information content (AvgIpc) is 3.14. The van der Waals surface area contributed by atoms with Gasteiger partial charge in [-0.05, 0) is 47.9 Å². The maximum atomic E-state index is 12.2. The van der Waals surface area contributed by atoms with E-state index in [1.54, 1.807) is 23.5 Å². The zero-order valence-electron chi connectivity index (χ0n) is 16.1. The van der Waals surface area contributed by atoms with Crippen molar-refractivity contribution in [1.82, 2.24) is 4.98 Å². The van der Waals surface area contributed by atoms with Crippen molar-refractivity contribution in [2.45, 2.75) is 13.1 Å². The quantitative estimate of drug-likeness (QED) is 0.311. The van der Waals surface area contributed by atoms with Crippen LogP contribution < -0.4 is 4.74 Å². The van der Waals surface area contributed by atoms with Crippen LogP contribution in [0.15, 0.2) is 66.7 Å². The lowest BCUT2D eigenvalue weighted by Gasteiger charge is -2.08. The van der Waals surface area contributed by atoms with Crippen molar-refractivity contribution in [2.24, 2.45) is 0 Å². The number of aryl methyl sites for hydroxylation is 1. The van der Waals surface area contributed by atoms with Crippen LogP contribution in [0, 0.1) is 6.92 Å². The van der Waals surface area contributed by atoms with Gasteiger partial charge in [0.2, 0.25) is 0 Å². The van der Waals surface area contributed by atoms with Crippen LogP contribution in [-0.4, -0.2) is 17.8 Å². The van der Waals surface area contributed by atoms with Gasteiger partial charge in [0.1, 0.15) is 10.8 Å². The van der Waals surface area contributed by atoms with Crippen LogP contribution in [0.25, 0.3) is 32.9 Å². The molecule has 4 aromatic rings. The van der Waals surface area contributed by atoms with E-state index in [2.05, 4.69) is 19.1 Å². The fourth-order valence-electron chi connectivity index (χ4n) is 2.92. The topological polar surface area (TPSA) is 22.1 Å². The molecule has 0 N–H and O–H groups in total. The summed E-state index contributed by atoms with van der Waals surface area (Å²) in [5.41, 5.74) is 5.19. The predicted octanol–water partition coefficient (Wildman–Crippen LogP) is 7.38. The van der Waals surface area contributed by atoms with Crippen LogP contribution in [0.5, 0.6) is 5.75 Å². The highest BCUT2D eigenvalue weighted by molar-refractivity contribution is 7.21. The maximum absolute atomic E-state index is 12.2. The van der Waals surface area contributed by atoms with Gasteiger partial charge in [0, 0.05) is 5.56 Å². The molecule has 152 valence electrons. The molecule has 0 radical (unpaired) electrons. The summed E-state index contributed by atoms with van der Waals surface area (Å²) in [5.74, 6) is 0.194. The Morgan fingerprint density at radius 2 is 1.53 bits per heavy atom. The molecule has 0 fully saturated rings. The first kappa shape index (κ1) is 20.2. The zero-order chi connectivity index (χ0) is 21.1. The number of aromatic nitrogens is 1. The third-order valence-corrected chi connectivity index (χ3v) is 5.52. The van der Waals surface area contributed by atoms with Crippen LogP contribution >= 0.6 is 11.3 Å². The Morgan fingerprint density at radius 1 is 0.900 bits per heavy atom. The standard InChI is InChI=1S/C24H18F3NOS/c1-16-2-13-21-22(14-16)30-23(28-21)19-9-5-17(6-10-19)3-4-18-7-11-20(12-8-18)29-15-24(25,26)27/h2-14H,15H2,1H3/b4-3+. The fraction of sp³-hybridized carbons (Fsp3) is 0.125. The third kappa shape index (κ3) is 5.07. The molecule has 0 spiro atoms. The number of alkyl halides is 3. The van der Waals surface area contributed by atoms with Gasteiger partial charge in [0.15, 0.2) is 6.61 Å². The Balaban J connectivity index is 1.43. The van der Waals surface area contributed by atoms with E-state index in [0.29, 0.717) is 0 Å². The summed E-state index contributed by atoms with van der Waals surface area (Å²) in [6.07, 6.45) is -0.477. The minimum absolute atomic E-state index is 0.194. The molecular formula is C24H18F3NOS. The lowest BCUT2D eigenvalue weighted by molar-refractivity contribution is -0.153. The van der Waals surface area contributed by atoms with Crippen molar-refractivity contribution in [3.8, 4) is 16.3 Å². The molecule has 0 amide bonds. The number of rotatable bonds is 5. The molecule has 6 heteroatoms. The van der Waals surface area contributed by atoms with E-state index in [1.165, 1.54) is 22.4 Å². The zero-order valence-corrected chi connectivity index (χ0v) is 16.9. The SMILES string of the molecule is Cc1ccc2nc(-c3ccc(/C=C/c4ccc(OCC(F)(F)F)cc4)cc3)sc2c1. The van der Waals surface area contributed by atoms with Crippen molar-refractivity contribution < 1.29 is 17.9 Å². The Morgan fingerprint density at radius 3 is 2.17 bits per heavy atom. The summed E-state index contributed by atoms with van der Waals surface area (Å²) in [7, 11) is 0. The molecule has 0 atom stereocenters. The van der Waals surface area contributed by atoms with Gasteiger partial charge < -0.3 is 4.74 Å². The highest BCUT2D eigenvalue weighted by atomic mass is 32.1. The summed E-state index contributed by atoms with van der Waals surface area (Å²) in [4.78, 5) is 4.70. The van der Waals surface area contributed by atoms with E-state index in [-0.39, 0.29) is 5.75 Å². The average molecular weight is 425 g/mol. The van der Waals surface area contributed by atoms with Crippen LogP contribution in [0.2, 0.25) is 0 Å². The molecule has 0 aliphatic heterocycles. The van der Waals surface area contributed by atoms with Crippen molar-refractivity contribution in [1.29, 1.82) is 0 Å². The number of benzene rings is 3. The minimum atomic E-state index is -4.34. The normalized spacial score (nSPS) is 12.0. The second kappa shape index (κ2) is 8.32. The van der Waals surface area contributed by atoms with Crippen molar-refractivity contribution >= 4 is 33.7 Å². The van der Waals surface area contributed by atoms with E-state index < -0.39 is 12.8 Å². The maximum Gasteiger partial charge on any atom is 0.422 e. The van der Waals surface area contributed by atoms with Gasteiger partial charge >= 0.3 is 6.18 Å². The second-order valence-corrected chi connectivity index (χ2v) is 7.95. The van der Waals surface area contributed by atoms with Gasteiger partial charge in [-0.1, -0.05) is 54.6 Å². The Hall–Kier alpha value is -3.12. The number of hydrogen-bond acceptors (Lipinski definition) is 3. The molecule has 0 unspecified atom stereocenters. The van der Waals surface area contributed by atoms with Gasteiger partial charge in [0.05, 0.1) is 10.2 Å². The number of hydrogen-bond donors (Lipinski definition) is 0. The van der Waals surface area contributed by atoms with Gasteiger partial charge in [-0.25, -0.2) is 4.98 Å². The van der Waals surface area contributed by atoms with Gasteiger partial charge in [-0.15, -0.1) is 11.3 Å². The van der Waals surface area contributed by atoms with Crippen LogP contribution in [0.1, 0.15) is 16.7 Å². The molecule has 0 bridgehead atoms. The number of halogens is 3. The second-order valence-electron chi connectivity index (χ2n) is 6.92. The number of fused-ring (bicyclic) bond motifs is 1. The molecule has 30 heavy (non-hydrogen) atoms. The largest absolute Gasteiger partial charge is 0.484 e. The molecule has 1 heterocycles. The van der Waals surface area contributed by atoms with E-state index in [9.17, 15) is 13.2 Å². The first-order chi connectivity index (χ1) is 14.4. The fourth-order valence-corrected chi connectivity index (χ4v) is 3.99. The van der Waals surface area contributed by atoms with Gasteiger partial charge in [0.25, 0.3) is 0 Å². The molecule has 1 aromatic heterocycles. The van der Waals surface area contributed by atoms with E-state index in [0.717, 1.165) is 27.2 Å². The van der Waals surface area contributed by atoms with Crippen molar-refractivity contribution in [3.05, 3.63) is 83.4 Å². The Labute approximate surface area is 176 Å². The predicted molar refractivity (Wildman–Crippen MR) is 117 cm³/mol.